The number of hydrogen-bond donors (Lipinski definition) is 2. The van der Waals surface area contributed by atoms with Gasteiger partial charge in [0.05, 0.1) is 13.2 Å². The van der Waals surface area contributed by atoms with Gasteiger partial charge in [-0.25, -0.2) is 0 Å². The molecule has 4 nitrogen and oxygen atoms in total. The van der Waals surface area contributed by atoms with Crippen molar-refractivity contribution in [2.45, 2.75) is 0 Å². The van der Waals surface area contributed by atoms with Gasteiger partial charge in [0.25, 0.3) is 0 Å². The van der Waals surface area contributed by atoms with Gasteiger partial charge >= 0.3 is 0 Å². The van der Waals surface area contributed by atoms with E-state index >= 15 is 0 Å². The predicted octanol–water partition coefficient (Wildman–Crippen LogP) is 0.313. The monoisotopic (exact) mass is 250 g/mol. The summed E-state index contributed by atoms with van der Waals surface area (Å²) in [4.78, 5) is 0. The van der Waals surface area contributed by atoms with Crippen molar-refractivity contribution in [1.29, 1.82) is 0 Å². The smallest absolute Gasteiger partial charge is 0.194 e. The maximum atomic E-state index is 9.36. The Morgan fingerprint density at radius 3 is 1.50 bits per heavy atom. The number of quaternary nitrogens is 2. The fraction of sp³-hybridized carbons (Fsp3) is 0.571. The van der Waals surface area contributed by atoms with Crippen molar-refractivity contribution in [2.75, 3.05) is 52.5 Å². The summed E-state index contributed by atoms with van der Waals surface area (Å²) in [6.07, 6.45) is 0. The molecule has 1 aromatic rings. The molecule has 0 spiro atoms. The molecule has 18 heavy (non-hydrogen) atoms. The summed E-state index contributed by atoms with van der Waals surface area (Å²) < 4.78 is 1.86. The largest absolute Gasteiger partial charge is 0.390 e. The van der Waals surface area contributed by atoms with Gasteiger partial charge in [-0.2, -0.15) is 0 Å². The highest BCUT2D eigenvalue weighted by molar-refractivity contribution is 5.70. The lowest BCUT2D eigenvalue weighted by atomic mass is 10.00. The number of aliphatic hydroxyl groups excluding tert-OH is 2. The molecule has 4 rings (SSSR count). The molecule has 1 aromatic carbocycles. The number of piperazine rings is 1. The summed E-state index contributed by atoms with van der Waals surface area (Å²) in [6, 6.07) is 8.59. The van der Waals surface area contributed by atoms with Crippen molar-refractivity contribution in [2.24, 2.45) is 0 Å². The van der Waals surface area contributed by atoms with Crippen molar-refractivity contribution in [3.63, 3.8) is 0 Å². The minimum Gasteiger partial charge on any atom is -0.390 e. The van der Waals surface area contributed by atoms with Gasteiger partial charge in [-0.15, -0.1) is 0 Å². The Kier molecular flexibility index (Phi) is 2.90. The molecule has 0 amide bonds. The number of benzene rings is 1. The Hall–Kier alpha value is -0.940. The molecule has 0 aliphatic carbocycles. The highest BCUT2D eigenvalue weighted by Crippen LogP contribution is 2.45. The average Bonchev–Trinajstić information content (AvgIpc) is 2.42. The van der Waals surface area contributed by atoms with Gasteiger partial charge in [0, 0.05) is 12.1 Å². The van der Waals surface area contributed by atoms with Crippen LogP contribution in [0, 0.1) is 0 Å². The van der Waals surface area contributed by atoms with Gasteiger partial charge in [-0.05, 0) is 0 Å². The molecule has 2 bridgehead atoms. The Morgan fingerprint density at radius 1 is 0.778 bits per heavy atom. The molecule has 0 atom stereocenters. The van der Waals surface area contributed by atoms with Crippen molar-refractivity contribution in [1.82, 2.24) is 8.97 Å². The van der Waals surface area contributed by atoms with Gasteiger partial charge in [0.1, 0.15) is 39.3 Å². The van der Waals surface area contributed by atoms with Crippen molar-refractivity contribution < 1.29 is 10.2 Å². The first-order chi connectivity index (χ1) is 8.76. The quantitative estimate of drug-likeness (QED) is 0.755. The Bertz CT molecular complexity index is 398. The molecule has 0 saturated carbocycles. The third kappa shape index (κ3) is 1.53. The molecular weight excluding hydrogens is 228 g/mol. The van der Waals surface area contributed by atoms with Crippen molar-refractivity contribution in [3.05, 3.63) is 24.3 Å². The van der Waals surface area contributed by atoms with Crippen LogP contribution in [0.25, 0.3) is 0 Å². The third-order valence-electron chi connectivity index (χ3n) is 4.87. The number of fused-ring (bicyclic) bond motifs is 2. The average molecular weight is 250 g/mol. The molecule has 3 heterocycles. The van der Waals surface area contributed by atoms with E-state index in [0.717, 1.165) is 48.2 Å². The van der Waals surface area contributed by atoms with E-state index in [1.807, 2.05) is 0 Å². The summed E-state index contributed by atoms with van der Waals surface area (Å²) in [6.45, 7) is 6.44. The second-order valence-corrected chi connectivity index (χ2v) is 5.57. The second kappa shape index (κ2) is 4.31. The van der Waals surface area contributed by atoms with E-state index in [2.05, 4.69) is 24.3 Å². The lowest BCUT2D eigenvalue weighted by Gasteiger charge is -2.54. The highest BCUT2D eigenvalue weighted by Gasteiger charge is 2.53. The zero-order chi connectivity index (χ0) is 12.6. The van der Waals surface area contributed by atoms with Crippen LogP contribution in [-0.4, -0.2) is 62.7 Å². The normalized spacial score (nSPS) is 33.4. The summed E-state index contributed by atoms with van der Waals surface area (Å²) in [5.74, 6) is 0. The van der Waals surface area contributed by atoms with Crippen LogP contribution in [0.2, 0.25) is 0 Å². The molecule has 3 aliphatic rings. The molecule has 1 fully saturated rings. The molecule has 0 unspecified atom stereocenters. The standard InChI is InChI=1S/C14H22N2O2/c17-11-9-15-5-7-16(8-6-15,10-12-18)14-4-2-1-3-13(14)15/h1-4,17-18H,5-12H2/q+2. The fourth-order valence-corrected chi connectivity index (χ4v) is 3.81. The zero-order valence-electron chi connectivity index (χ0n) is 10.8. The molecular formula is C14H22N2O2+2. The maximum Gasteiger partial charge on any atom is 0.194 e. The van der Waals surface area contributed by atoms with Gasteiger partial charge in [0.15, 0.2) is 11.4 Å². The first kappa shape index (κ1) is 12.1. The van der Waals surface area contributed by atoms with Gasteiger partial charge in [-0.3, -0.25) is 8.97 Å². The number of para-hydroxylation sites is 2. The van der Waals surface area contributed by atoms with Crippen LogP contribution in [0.4, 0.5) is 11.4 Å². The lowest BCUT2D eigenvalue weighted by Crippen LogP contribution is -2.74. The third-order valence-corrected chi connectivity index (χ3v) is 4.87. The Morgan fingerprint density at radius 2 is 1.17 bits per heavy atom. The van der Waals surface area contributed by atoms with E-state index in [1.165, 1.54) is 11.4 Å². The van der Waals surface area contributed by atoms with Crippen LogP contribution in [-0.2, 0) is 0 Å². The number of aliphatic hydroxyl groups is 2. The van der Waals surface area contributed by atoms with E-state index in [4.69, 9.17) is 0 Å². The molecule has 0 radical (unpaired) electrons. The number of nitrogens with zero attached hydrogens (tertiary/aromatic N) is 2. The summed E-state index contributed by atoms with van der Waals surface area (Å²) in [5.41, 5.74) is 2.72. The Balaban J connectivity index is 2.10. The SMILES string of the molecule is OCC[N+]12CC[N+](CCO)(CC1)c1ccccc12. The second-order valence-electron chi connectivity index (χ2n) is 5.57. The van der Waals surface area contributed by atoms with Crippen LogP contribution in [0.1, 0.15) is 0 Å². The molecule has 98 valence electrons. The molecule has 2 N–H and O–H groups in total. The molecule has 4 heteroatoms. The minimum absolute atomic E-state index is 0.244. The van der Waals surface area contributed by atoms with E-state index < -0.39 is 0 Å². The maximum absolute atomic E-state index is 9.36. The summed E-state index contributed by atoms with van der Waals surface area (Å²) in [7, 11) is 0. The van der Waals surface area contributed by atoms with Crippen molar-refractivity contribution >= 4 is 11.4 Å². The number of hydrogen-bond acceptors (Lipinski definition) is 2. The lowest BCUT2D eigenvalue weighted by molar-refractivity contribution is 0.0807. The summed E-state index contributed by atoms with van der Waals surface area (Å²) >= 11 is 0. The number of rotatable bonds is 4. The fourth-order valence-electron chi connectivity index (χ4n) is 3.81. The van der Waals surface area contributed by atoms with Gasteiger partial charge < -0.3 is 10.2 Å². The van der Waals surface area contributed by atoms with E-state index in [1.54, 1.807) is 0 Å². The molecule has 0 aromatic heterocycles. The predicted molar refractivity (Wildman–Crippen MR) is 73.4 cm³/mol. The van der Waals surface area contributed by atoms with Gasteiger partial charge in [-0.1, -0.05) is 12.1 Å². The topological polar surface area (TPSA) is 40.5 Å². The van der Waals surface area contributed by atoms with Gasteiger partial charge in [0.2, 0.25) is 0 Å². The first-order valence-electron chi connectivity index (χ1n) is 6.80. The van der Waals surface area contributed by atoms with E-state index in [-0.39, 0.29) is 13.2 Å². The van der Waals surface area contributed by atoms with Crippen LogP contribution in [0.5, 0.6) is 0 Å². The van der Waals surface area contributed by atoms with Crippen LogP contribution in [0.3, 0.4) is 0 Å². The van der Waals surface area contributed by atoms with E-state index in [9.17, 15) is 10.2 Å². The minimum atomic E-state index is 0.244. The zero-order valence-corrected chi connectivity index (χ0v) is 10.8. The van der Waals surface area contributed by atoms with Crippen molar-refractivity contribution in [3.8, 4) is 0 Å². The highest BCUT2D eigenvalue weighted by atomic mass is 16.3. The molecule has 3 aliphatic heterocycles. The summed E-state index contributed by atoms with van der Waals surface area (Å²) in [5, 5.41) is 18.7. The Labute approximate surface area is 108 Å². The molecule has 1 saturated heterocycles. The first-order valence-corrected chi connectivity index (χ1v) is 6.80. The van der Waals surface area contributed by atoms with Crippen LogP contribution >= 0.6 is 0 Å². The van der Waals surface area contributed by atoms with Crippen LogP contribution in [0.15, 0.2) is 24.3 Å². The van der Waals surface area contributed by atoms with Crippen LogP contribution < -0.4 is 8.97 Å². The van der Waals surface area contributed by atoms with E-state index in [0.29, 0.717) is 0 Å².